The number of benzene rings is 2. The molecule has 43 nitrogen and oxygen atoms in total. The number of hydrogen-bond donors (Lipinski definition) is 25. The van der Waals surface area contributed by atoms with Gasteiger partial charge in [0.05, 0.1) is 32.9 Å². The fourth-order valence-corrected chi connectivity index (χ4v) is 13.1. The van der Waals surface area contributed by atoms with Crippen LogP contribution in [0, 0.1) is 11.8 Å². The molecule has 2 aromatic carbocycles. The van der Waals surface area contributed by atoms with Crippen molar-refractivity contribution in [2.75, 3.05) is 64.1 Å². The van der Waals surface area contributed by atoms with E-state index in [4.69, 9.17) is 40.1 Å². The van der Waals surface area contributed by atoms with E-state index < -0.39 is 223 Å². The first-order chi connectivity index (χ1) is 54.6. The van der Waals surface area contributed by atoms with E-state index in [1.165, 1.54) is 6.92 Å². The van der Waals surface area contributed by atoms with Crippen LogP contribution in [0.25, 0.3) is 0 Å². The first-order valence-corrected chi connectivity index (χ1v) is 39.5. The average Bonchev–Trinajstić information content (AvgIpc) is 0.863. The van der Waals surface area contributed by atoms with Gasteiger partial charge >= 0.3 is 5.97 Å². The molecule has 1 heterocycles. The number of nitrogens with two attached hydrogens (primary N) is 7. The van der Waals surface area contributed by atoms with Gasteiger partial charge in [0, 0.05) is 44.0 Å². The number of carbonyl (C=O) groups is 15. The Morgan fingerprint density at radius 3 is 1.51 bits per heavy atom. The van der Waals surface area contributed by atoms with Crippen LogP contribution in [-0.4, -0.2) is 270 Å². The molecule has 0 saturated carbocycles. The number of aliphatic hydroxyl groups excluding tert-OH is 3. The van der Waals surface area contributed by atoms with E-state index in [2.05, 4.69) is 89.4 Å². The number of carbonyl (C=O) groups excluding carboxylic acids is 14. The molecule has 1 fully saturated rings. The Hall–Kier alpha value is -11.2. The molecule has 14 amide bonds. The molecule has 15 atom stereocenters. The van der Waals surface area contributed by atoms with Crippen LogP contribution in [0.1, 0.15) is 97.1 Å². The largest absolute Gasteiger partial charge is 0.480 e. The Morgan fingerprint density at radius 1 is 0.504 bits per heavy atom. The summed E-state index contributed by atoms with van der Waals surface area (Å²) in [7, 11) is 1.52. The number of carboxylic acids is 1. The summed E-state index contributed by atoms with van der Waals surface area (Å²) in [5, 5.41) is 75.5. The standard InChI is InChI=1S/C70H112N24O19S2/c1-6-36(3)53-65(110)90-48(33-97)61(106)85-43(22-15-25-79-69(74)75)59(104)94-54(37(4)7-2)66(111)92-50(64(109)88-46(28-40-19-12-9-13-20-40)60(105)86-44(67(112)113)23-16-26-80-70(76)77)35-115-114-34-49(91-62(107)47(32-96)89-56(101)41(71)31-95)63(108)83-38(5)55(100)87-45(27-39-17-10-8-11-18-39)57(102)82-29-51(98)81-30-52(99)84-42(58(103)93-53)21-14-24-78-68(72)73/h8-13,17-20,36-38,41-50,53-54,95-97H,6-7,14-16,21-35,71H2,1-5H3,(H,81,98)(H,82,102)(H,83,108)(H,84,99)(H,85,106)(H,86,105)(H,87,100)(H,88,109)(H,89,101)(H,90,110)(H,91,107)(H,92,111)(H,93,103)(H,94,104)(H,112,113)(H4,72,73,78)(H4,74,75,79)(H4,76,77,80)/t36-,37-,38+,41-,42+,43-,44+,45+,46+,47-,48+,49+,50+,53-,54+/m0/s1. The number of aliphatic hydroxyl groups is 3. The van der Waals surface area contributed by atoms with Gasteiger partial charge in [-0.25, -0.2) is 4.79 Å². The minimum atomic E-state index is -1.86. The first kappa shape index (κ1) is 98.0. The van der Waals surface area contributed by atoms with Crippen LogP contribution in [0.2, 0.25) is 0 Å². The van der Waals surface area contributed by atoms with Crippen LogP contribution in [-0.2, 0) is 84.8 Å². The third kappa shape index (κ3) is 36.7. The van der Waals surface area contributed by atoms with Gasteiger partial charge in [0.15, 0.2) is 17.9 Å². The van der Waals surface area contributed by atoms with Crippen molar-refractivity contribution in [1.29, 1.82) is 0 Å². The molecule has 0 bridgehead atoms. The molecule has 115 heavy (non-hydrogen) atoms. The normalized spacial score (nSPS) is 22.1. The predicted molar refractivity (Wildman–Crippen MR) is 426 cm³/mol. The Bertz CT molecular complexity index is 3670. The van der Waals surface area contributed by atoms with Crippen molar-refractivity contribution in [3.63, 3.8) is 0 Å². The maximum absolute atomic E-state index is 15.1. The van der Waals surface area contributed by atoms with Gasteiger partial charge in [-0.1, -0.05) is 123 Å². The number of amides is 14. The Labute approximate surface area is 672 Å². The first-order valence-electron chi connectivity index (χ1n) is 37.0. The molecule has 1 aliphatic heterocycles. The molecular weight excluding hydrogens is 1550 g/mol. The van der Waals surface area contributed by atoms with Crippen LogP contribution in [0.3, 0.4) is 0 Å². The van der Waals surface area contributed by atoms with Crippen LogP contribution in [0.5, 0.6) is 0 Å². The van der Waals surface area contributed by atoms with Crippen molar-refractivity contribution in [2.24, 2.45) is 66.9 Å². The van der Waals surface area contributed by atoms with Gasteiger partial charge in [-0.15, -0.1) is 0 Å². The Kier molecular flexibility index (Phi) is 44.6. The maximum atomic E-state index is 15.1. The predicted octanol–water partition coefficient (Wildman–Crippen LogP) is -9.42. The molecule has 0 radical (unpaired) electrons. The van der Waals surface area contributed by atoms with Crippen LogP contribution in [0.15, 0.2) is 75.6 Å². The Morgan fingerprint density at radius 2 is 0.991 bits per heavy atom. The number of nitrogens with one attached hydrogen (secondary N) is 14. The lowest BCUT2D eigenvalue weighted by atomic mass is 9.96. The molecular formula is C70H112N24O19S2. The van der Waals surface area contributed by atoms with Gasteiger partial charge in [0.2, 0.25) is 82.7 Å². The number of guanidine groups is 3. The Balaban J connectivity index is 2.35. The zero-order valence-electron chi connectivity index (χ0n) is 64.7. The summed E-state index contributed by atoms with van der Waals surface area (Å²) < 4.78 is 0. The summed E-state index contributed by atoms with van der Waals surface area (Å²) in [4.78, 5) is 224. The molecule has 32 N–H and O–H groups in total. The minimum absolute atomic E-state index is 0.0165. The van der Waals surface area contributed by atoms with E-state index in [0.29, 0.717) is 11.1 Å². The second kappa shape index (κ2) is 52.3. The fourth-order valence-electron chi connectivity index (χ4n) is 10.7. The van der Waals surface area contributed by atoms with Crippen LogP contribution >= 0.6 is 21.6 Å². The lowest BCUT2D eigenvalue weighted by Gasteiger charge is -2.30. The van der Waals surface area contributed by atoms with Gasteiger partial charge < -0.3 is 135 Å². The minimum Gasteiger partial charge on any atom is -0.480 e. The van der Waals surface area contributed by atoms with Gasteiger partial charge in [-0.2, -0.15) is 0 Å². The van der Waals surface area contributed by atoms with Crippen LogP contribution < -0.4 is 115 Å². The number of nitrogens with zero attached hydrogens (tertiary/aromatic N) is 3. The van der Waals surface area contributed by atoms with Crippen molar-refractivity contribution in [3.8, 4) is 0 Å². The summed E-state index contributed by atoms with van der Waals surface area (Å²) in [5.74, 6) is -19.6. The second-order valence-corrected chi connectivity index (χ2v) is 29.4. The average molecular weight is 1660 g/mol. The fraction of sp³-hybridized carbons (Fsp3) is 0.571. The van der Waals surface area contributed by atoms with E-state index >= 15 is 9.59 Å². The second-order valence-electron chi connectivity index (χ2n) is 26.9. The number of rotatable bonds is 32. The molecule has 0 unspecified atom stereocenters. The maximum Gasteiger partial charge on any atom is 0.326 e. The van der Waals surface area contributed by atoms with Crippen molar-refractivity contribution in [2.45, 2.75) is 177 Å². The zero-order chi connectivity index (χ0) is 85.9. The highest BCUT2D eigenvalue weighted by Gasteiger charge is 2.39. The van der Waals surface area contributed by atoms with Crippen LogP contribution in [0.4, 0.5) is 0 Å². The SMILES string of the molecule is CC[C@H](C)[C@@H]1NC(=O)[C@@H](CCCN=C(N)N)NC(=O)CNC(=O)CNC(=O)[C@@H](Cc2ccccc2)NC(=O)[C@@H](C)NC(=O)[C@H](NC(=O)[C@H](CO)NC(=O)[C@@H](N)CO)CSSC[C@H](C(=O)N[C@H](Cc2ccccc2)C(=O)N[C@H](CCCN=C(N)N)C(=O)O)NC(=O)[C@@H]([C@@H](C)CC)NC(=O)[C@H](CCCN=C(N)N)NC(=O)[C@@H](CO)NC1=O. The van der Waals surface area contributed by atoms with Gasteiger partial charge in [-0.3, -0.25) is 82.1 Å². The summed E-state index contributed by atoms with van der Waals surface area (Å²) in [6, 6.07) is -4.90. The third-order valence-corrected chi connectivity index (χ3v) is 20.2. The van der Waals surface area contributed by atoms with E-state index in [0.717, 1.165) is 21.6 Å². The molecule has 2 aromatic rings. The molecule has 3 rings (SSSR count). The number of aliphatic imine (C=N–C) groups is 3. The molecule has 0 aliphatic carbocycles. The topological polar surface area (TPSA) is 725 Å². The number of carboxylic acid groups (broad SMARTS) is 1. The molecule has 45 heteroatoms. The van der Waals surface area contributed by atoms with E-state index in [1.807, 2.05) is 0 Å². The number of aliphatic carboxylic acids is 1. The summed E-state index contributed by atoms with van der Waals surface area (Å²) in [6.07, 6.45) is -0.674. The van der Waals surface area contributed by atoms with Gasteiger partial charge in [-0.05, 0) is 68.4 Å². The van der Waals surface area contributed by atoms with E-state index in [1.54, 1.807) is 88.4 Å². The third-order valence-electron chi connectivity index (χ3n) is 17.8. The van der Waals surface area contributed by atoms with Crippen molar-refractivity contribution >= 4 is 128 Å². The summed E-state index contributed by atoms with van der Waals surface area (Å²) in [6.45, 7) is 2.81. The number of hydrogen-bond acceptors (Lipinski definition) is 24. The molecule has 0 spiro atoms. The highest BCUT2D eigenvalue weighted by Crippen LogP contribution is 2.24. The smallest absolute Gasteiger partial charge is 0.326 e. The van der Waals surface area contributed by atoms with Crippen molar-refractivity contribution in [1.82, 2.24) is 74.4 Å². The van der Waals surface area contributed by atoms with Crippen molar-refractivity contribution < 1.29 is 92.3 Å². The summed E-state index contributed by atoms with van der Waals surface area (Å²) >= 11 is 0. The molecule has 638 valence electrons. The molecule has 1 saturated heterocycles. The van der Waals surface area contributed by atoms with Gasteiger partial charge in [0.1, 0.15) is 78.5 Å². The van der Waals surface area contributed by atoms with Crippen molar-refractivity contribution in [3.05, 3.63) is 71.8 Å². The van der Waals surface area contributed by atoms with E-state index in [9.17, 15) is 82.8 Å². The highest BCUT2D eigenvalue weighted by atomic mass is 33.1. The molecule has 0 aromatic heterocycles. The zero-order valence-corrected chi connectivity index (χ0v) is 66.3. The van der Waals surface area contributed by atoms with E-state index in [-0.39, 0.29) is 102 Å². The molecule has 1 aliphatic rings. The lowest BCUT2D eigenvalue weighted by Crippen LogP contribution is -2.62. The lowest BCUT2D eigenvalue weighted by molar-refractivity contribution is -0.142. The summed E-state index contributed by atoms with van der Waals surface area (Å²) in [5.41, 5.74) is 39.8. The van der Waals surface area contributed by atoms with Gasteiger partial charge in [0.25, 0.3) is 0 Å². The quantitative estimate of drug-likeness (QED) is 0.0140. The highest BCUT2D eigenvalue weighted by molar-refractivity contribution is 8.76. The monoisotopic (exact) mass is 1660 g/mol.